The van der Waals surface area contributed by atoms with Crippen molar-refractivity contribution in [2.45, 2.75) is 51.0 Å². The van der Waals surface area contributed by atoms with Gasteiger partial charge in [-0.1, -0.05) is 19.3 Å². The van der Waals surface area contributed by atoms with Crippen molar-refractivity contribution in [3.8, 4) is 0 Å². The normalized spacial score (nSPS) is 22.3. The number of likely N-dealkylation sites (tertiary alicyclic amines) is 1. The van der Waals surface area contributed by atoms with Crippen LogP contribution in [0, 0.1) is 11.7 Å². The van der Waals surface area contributed by atoms with Crippen LogP contribution >= 0.6 is 0 Å². The standard InChI is InChI=1S/C18H24FNO/c19-16-8-6-14(7-9-16)18(21)15-10-12-20(13-11-15)17-4-2-1-3-5-17/h6-9,15,17H,1-5,10-13H2. The maximum atomic E-state index is 12.9. The van der Waals surface area contributed by atoms with Crippen molar-refractivity contribution in [1.29, 1.82) is 0 Å². The van der Waals surface area contributed by atoms with Crippen LogP contribution in [0.2, 0.25) is 0 Å². The first-order valence-electron chi connectivity index (χ1n) is 8.28. The zero-order valence-electron chi connectivity index (χ0n) is 12.6. The number of hydrogen-bond donors (Lipinski definition) is 0. The molecule has 0 unspecified atom stereocenters. The van der Waals surface area contributed by atoms with E-state index < -0.39 is 0 Å². The van der Waals surface area contributed by atoms with E-state index in [9.17, 15) is 9.18 Å². The molecule has 0 radical (unpaired) electrons. The number of ketones is 1. The monoisotopic (exact) mass is 289 g/mol. The summed E-state index contributed by atoms with van der Waals surface area (Å²) >= 11 is 0. The van der Waals surface area contributed by atoms with Crippen LogP contribution in [0.3, 0.4) is 0 Å². The van der Waals surface area contributed by atoms with Gasteiger partial charge in [-0.15, -0.1) is 0 Å². The Morgan fingerprint density at radius 3 is 2.19 bits per heavy atom. The van der Waals surface area contributed by atoms with E-state index in [-0.39, 0.29) is 17.5 Å². The average molecular weight is 289 g/mol. The number of piperidine rings is 1. The summed E-state index contributed by atoms with van der Waals surface area (Å²) in [5.74, 6) is 0.0345. The molecule has 2 fully saturated rings. The molecule has 1 saturated heterocycles. The van der Waals surface area contributed by atoms with Crippen LogP contribution in [0.4, 0.5) is 4.39 Å². The van der Waals surface area contributed by atoms with Crippen LogP contribution in [-0.2, 0) is 0 Å². The van der Waals surface area contributed by atoms with Crippen molar-refractivity contribution < 1.29 is 9.18 Å². The van der Waals surface area contributed by atoms with Gasteiger partial charge < -0.3 is 4.90 Å². The molecule has 3 heteroatoms. The zero-order valence-corrected chi connectivity index (χ0v) is 12.6. The van der Waals surface area contributed by atoms with Gasteiger partial charge >= 0.3 is 0 Å². The molecule has 3 rings (SSSR count). The fourth-order valence-electron chi connectivity index (χ4n) is 3.82. The van der Waals surface area contributed by atoms with Gasteiger partial charge in [0, 0.05) is 17.5 Å². The minimum Gasteiger partial charge on any atom is -0.300 e. The maximum Gasteiger partial charge on any atom is 0.166 e. The second kappa shape index (κ2) is 6.69. The SMILES string of the molecule is O=C(c1ccc(F)cc1)C1CCN(C2CCCCC2)CC1. The van der Waals surface area contributed by atoms with Crippen molar-refractivity contribution in [3.05, 3.63) is 35.6 Å². The summed E-state index contributed by atoms with van der Waals surface area (Å²) in [4.78, 5) is 15.0. The Labute approximate surface area is 126 Å². The largest absolute Gasteiger partial charge is 0.300 e. The Morgan fingerprint density at radius 2 is 1.57 bits per heavy atom. The molecule has 1 aliphatic carbocycles. The van der Waals surface area contributed by atoms with Gasteiger partial charge in [0.2, 0.25) is 0 Å². The van der Waals surface area contributed by atoms with E-state index in [0.717, 1.165) is 32.0 Å². The second-order valence-corrected chi connectivity index (χ2v) is 6.47. The van der Waals surface area contributed by atoms with Crippen molar-refractivity contribution in [2.75, 3.05) is 13.1 Å². The molecule has 0 N–H and O–H groups in total. The van der Waals surface area contributed by atoms with Crippen molar-refractivity contribution in [3.63, 3.8) is 0 Å². The third-order valence-corrected chi connectivity index (χ3v) is 5.12. The van der Waals surface area contributed by atoms with Crippen LogP contribution in [0.25, 0.3) is 0 Å². The van der Waals surface area contributed by atoms with Crippen LogP contribution in [0.15, 0.2) is 24.3 Å². The lowest BCUT2D eigenvalue weighted by atomic mass is 9.86. The lowest BCUT2D eigenvalue weighted by Crippen LogP contribution is -2.43. The van der Waals surface area contributed by atoms with Crippen LogP contribution < -0.4 is 0 Å². The molecule has 114 valence electrons. The van der Waals surface area contributed by atoms with E-state index in [2.05, 4.69) is 4.90 Å². The van der Waals surface area contributed by atoms with Gasteiger partial charge in [-0.2, -0.15) is 0 Å². The highest BCUT2D eigenvalue weighted by Gasteiger charge is 2.29. The Bertz CT molecular complexity index is 470. The van der Waals surface area contributed by atoms with Crippen molar-refractivity contribution >= 4 is 5.78 Å². The average Bonchev–Trinajstić information content (AvgIpc) is 2.56. The maximum absolute atomic E-state index is 12.9. The number of benzene rings is 1. The number of rotatable bonds is 3. The summed E-state index contributed by atoms with van der Waals surface area (Å²) in [5, 5.41) is 0. The van der Waals surface area contributed by atoms with E-state index >= 15 is 0 Å². The third kappa shape index (κ3) is 3.52. The van der Waals surface area contributed by atoms with Gasteiger partial charge in [0.25, 0.3) is 0 Å². The molecule has 2 aliphatic rings. The molecule has 0 amide bonds. The summed E-state index contributed by atoms with van der Waals surface area (Å²) in [5.41, 5.74) is 0.660. The Morgan fingerprint density at radius 1 is 0.952 bits per heavy atom. The second-order valence-electron chi connectivity index (χ2n) is 6.47. The molecule has 0 aromatic heterocycles. The zero-order chi connectivity index (χ0) is 14.7. The predicted molar refractivity (Wildman–Crippen MR) is 81.9 cm³/mol. The lowest BCUT2D eigenvalue weighted by Gasteiger charge is -2.39. The molecule has 0 spiro atoms. The molecular weight excluding hydrogens is 265 g/mol. The van der Waals surface area contributed by atoms with Gasteiger partial charge in [-0.3, -0.25) is 4.79 Å². The molecule has 1 heterocycles. The quantitative estimate of drug-likeness (QED) is 0.782. The van der Waals surface area contributed by atoms with E-state index in [0.29, 0.717) is 5.56 Å². The fourth-order valence-corrected chi connectivity index (χ4v) is 3.82. The number of Topliss-reactive ketones (excluding diaryl/α,β-unsaturated/α-hetero) is 1. The first-order chi connectivity index (χ1) is 10.2. The van der Waals surface area contributed by atoms with Crippen LogP contribution in [0.1, 0.15) is 55.3 Å². The van der Waals surface area contributed by atoms with Gasteiger partial charge in [-0.25, -0.2) is 4.39 Å². The molecule has 21 heavy (non-hydrogen) atoms. The highest BCUT2D eigenvalue weighted by Crippen LogP contribution is 2.28. The minimum atomic E-state index is -0.279. The molecule has 1 saturated carbocycles. The highest BCUT2D eigenvalue weighted by atomic mass is 19.1. The molecule has 2 nitrogen and oxygen atoms in total. The van der Waals surface area contributed by atoms with Crippen molar-refractivity contribution in [1.82, 2.24) is 4.90 Å². The fraction of sp³-hybridized carbons (Fsp3) is 0.611. The van der Waals surface area contributed by atoms with E-state index in [1.165, 1.54) is 44.2 Å². The van der Waals surface area contributed by atoms with Crippen molar-refractivity contribution in [2.24, 2.45) is 5.92 Å². The molecule has 1 aromatic rings. The van der Waals surface area contributed by atoms with E-state index in [1.54, 1.807) is 12.1 Å². The molecule has 0 bridgehead atoms. The smallest absolute Gasteiger partial charge is 0.166 e. The van der Waals surface area contributed by atoms with Crippen LogP contribution in [-0.4, -0.2) is 29.8 Å². The van der Waals surface area contributed by atoms with Gasteiger partial charge in [0.15, 0.2) is 5.78 Å². The van der Waals surface area contributed by atoms with Gasteiger partial charge in [0.1, 0.15) is 5.82 Å². The topological polar surface area (TPSA) is 20.3 Å². The van der Waals surface area contributed by atoms with Crippen LogP contribution in [0.5, 0.6) is 0 Å². The summed E-state index contributed by atoms with van der Waals surface area (Å²) in [7, 11) is 0. The number of carbonyl (C=O) groups is 1. The Hall–Kier alpha value is -1.22. The Kier molecular flexibility index (Phi) is 4.69. The van der Waals surface area contributed by atoms with Gasteiger partial charge in [-0.05, 0) is 63.0 Å². The number of halogens is 1. The molecule has 1 aliphatic heterocycles. The Balaban J connectivity index is 1.55. The minimum absolute atomic E-state index is 0.121. The first kappa shape index (κ1) is 14.7. The van der Waals surface area contributed by atoms with Gasteiger partial charge in [0.05, 0.1) is 0 Å². The first-order valence-corrected chi connectivity index (χ1v) is 8.28. The number of nitrogens with zero attached hydrogens (tertiary/aromatic N) is 1. The molecular formula is C18H24FNO. The third-order valence-electron chi connectivity index (χ3n) is 5.12. The summed E-state index contributed by atoms with van der Waals surface area (Å²) in [6.45, 7) is 2.09. The number of carbonyl (C=O) groups excluding carboxylic acids is 1. The number of hydrogen-bond acceptors (Lipinski definition) is 2. The predicted octanol–water partition coefficient (Wildman–Crippen LogP) is 4.05. The van der Waals surface area contributed by atoms with E-state index in [1.807, 2.05) is 0 Å². The highest BCUT2D eigenvalue weighted by molar-refractivity contribution is 5.97. The molecule has 1 aromatic carbocycles. The molecule has 0 atom stereocenters. The van der Waals surface area contributed by atoms with E-state index in [4.69, 9.17) is 0 Å². The lowest BCUT2D eigenvalue weighted by molar-refractivity contribution is 0.0747. The summed E-state index contributed by atoms with van der Waals surface area (Å²) in [6.07, 6.45) is 8.67. The summed E-state index contributed by atoms with van der Waals surface area (Å²) in [6, 6.07) is 6.74. The summed E-state index contributed by atoms with van der Waals surface area (Å²) < 4.78 is 12.9.